The molecule has 0 spiro atoms. The number of nitrogens with one attached hydrogen (secondary N) is 2. The van der Waals surface area contributed by atoms with Crippen molar-refractivity contribution in [2.24, 2.45) is 0 Å². The fraction of sp³-hybridized carbons (Fsp3) is 0.357. The van der Waals surface area contributed by atoms with E-state index < -0.39 is 0 Å². The van der Waals surface area contributed by atoms with Crippen molar-refractivity contribution in [3.8, 4) is 0 Å². The maximum absolute atomic E-state index is 11.5. The fourth-order valence-corrected chi connectivity index (χ4v) is 2.21. The number of likely N-dealkylation sites (N-methyl/N-ethyl adjacent to an activating group) is 1. The summed E-state index contributed by atoms with van der Waals surface area (Å²) in [6, 6.07) is 8.20. The van der Waals surface area contributed by atoms with E-state index in [4.69, 9.17) is 0 Å². The number of hydrogen-bond donors (Lipinski definition) is 2. The Hall–Kier alpha value is -1.77. The van der Waals surface area contributed by atoms with Crippen molar-refractivity contribution in [2.75, 3.05) is 7.05 Å². The molecule has 3 nitrogen and oxygen atoms in total. The molecule has 1 aromatic rings. The van der Waals surface area contributed by atoms with Gasteiger partial charge in [0.1, 0.15) is 0 Å². The average molecular weight is 230 g/mol. The summed E-state index contributed by atoms with van der Waals surface area (Å²) in [5, 5.41) is 6.03. The second-order valence-corrected chi connectivity index (χ2v) is 5.02. The summed E-state index contributed by atoms with van der Waals surface area (Å²) in [6.45, 7) is 4.28. The van der Waals surface area contributed by atoms with Crippen molar-refractivity contribution in [3.05, 3.63) is 41.5 Å². The molecule has 1 aliphatic heterocycles. The van der Waals surface area contributed by atoms with Gasteiger partial charge in [0, 0.05) is 29.9 Å². The van der Waals surface area contributed by atoms with Gasteiger partial charge in [0.2, 0.25) is 5.91 Å². The highest BCUT2D eigenvalue weighted by Crippen LogP contribution is 2.29. The first kappa shape index (κ1) is 11.7. The first-order chi connectivity index (χ1) is 8.02. The summed E-state index contributed by atoms with van der Waals surface area (Å²) in [4.78, 5) is 11.5. The molecule has 2 rings (SSSR count). The van der Waals surface area contributed by atoms with Gasteiger partial charge in [0.15, 0.2) is 0 Å². The van der Waals surface area contributed by atoms with Crippen LogP contribution in [0.3, 0.4) is 0 Å². The van der Waals surface area contributed by atoms with Crippen LogP contribution in [0.25, 0.3) is 5.70 Å². The Morgan fingerprint density at radius 3 is 2.82 bits per heavy atom. The SMILES string of the molecule is CNC(=O)/C=C1/NC(C)(C)Cc2ccccc21. The number of rotatable bonds is 1. The molecule has 0 fully saturated rings. The molecule has 2 N–H and O–H groups in total. The predicted octanol–water partition coefficient (Wildman–Crippen LogP) is 1.70. The Morgan fingerprint density at radius 1 is 1.41 bits per heavy atom. The van der Waals surface area contributed by atoms with Gasteiger partial charge in [-0.05, 0) is 25.8 Å². The highest BCUT2D eigenvalue weighted by molar-refractivity contribution is 5.95. The maximum Gasteiger partial charge on any atom is 0.245 e. The largest absolute Gasteiger partial charge is 0.379 e. The number of carbonyl (C=O) groups excluding carboxylic acids is 1. The molecule has 0 saturated heterocycles. The van der Waals surface area contributed by atoms with E-state index in [-0.39, 0.29) is 11.4 Å². The highest BCUT2D eigenvalue weighted by atomic mass is 16.1. The molecule has 1 heterocycles. The topological polar surface area (TPSA) is 41.1 Å². The summed E-state index contributed by atoms with van der Waals surface area (Å²) < 4.78 is 0. The van der Waals surface area contributed by atoms with Gasteiger partial charge in [-0.1, -0.05) is 24.3 Å². The van der Waals surface area contributed by atoms with Gasteiger partial charge in [-0.2, -0.15) is 0 Å². The lowest BCUT2D eigenvalue weighted by Crippen LogP contribution is -2.44. The Kier molecular flexibility index (Phi) is 2.92. The Morgan fingerprint density at radius 2 is 2.12 bits per heavy atom. The molecule has 1 aromatic carbocycles. The third kappa shape index (κ3) is 2.49. The molecule has 3 heteroatoms. The molecular formula is C14H18N2O. The third-order valence-corrected chi connectivity index (χ3v) is 2.93. The standard InChI is InChI=1S/C14H18N2O/c1-14(2)9-10-6-4-5-7-11(10)12(16-14)8-13(17)15-3/h4-8,16H,9H2,1-3H3,(H,15,17)/b12-8+. The van der Waals surface area contributed by atoms with Crippen molar-refractivity contribution in [1.82, 2.24) is 10.6 Å². The highest BCUT2D eigenvalue weighted by Gasteiger charge is 2.27. The van der Waals surface area contributed by atoms with Crippen molar-refractivity contribution in [3.63, 3.8) is 0 Å². The van der Waals surface area contributed by atoms with E-state index in [1.165, 1.54) is 5.56 Å². The van der Waals surface area contributed by atoms with Gasteiger partial charge in [-0.25, -0.2) is 0 Å². The van der Waals surface area contributed by atoms with E-state index in [1.807, 2.05) is 18.2 Å². The molecule has 1 amide bonds. The molecule has 0 bridgehead atoms. The summed E-state index contributed by atoms with van der Waals surface area (Å²) in [6.07, 6.45) is 2.59. The molecule has 0 aliphatic carbocycles. The zero-order valence-electron chi connectivity index (χ0n) is 10.5. The van der Waals surface area contributed by atoms with Crippen LogP contribution in [0.15, 0.2) is 30.3 Å². The van der Waals surface area contributed by atoms with Crippen LogP contribution in [0.4, 0.5) is 0 Å². The number of benzene rings is 1. The smallest absolute Gasteiger partial charge is 0.245 e. The second kappa shape index (κ2) is 4.24. The van der Waals surface area contributed by atoms with Crippen LogP contribution >= 0.6 is 0 Å². The van der Waals surface area contributed by atoms with Crippen LogP contribution in [0, 0.1) is 0 Å². The summed E-state index contributed by atoms with van der Waals surface area (Å²) in [5.41, 5.74) is 3.28. The minimum Gasteiger partial charge on any atom is -0.379 e. The lowest BCUT2D eigenvalue weighted by Gasteiger charge is -2.35. The van der Waals surface area contributed by atoms with Crippen molar-refractivity contribution < 1.29 is 4.79 Å². The van der Waals surface area contributed by atoms with E-state index in [9.17, 15) is 4.79 Å². The fourth-order valence-electron chi connectivity index (χ4n) is 2.21. The second-order valence-electron chi connectivity index (χ2n) is 5.02. The molecule has 17 heavy (non-hydrogen) atoms. The Labute approximate surface area is 102 Å². The van der Waals surface area contributed by atoms with E-state index in [2.05, 4.69) is 30.5 Å². The normalized spacial score (nSPS) is 19.4. The van der Waals surface area contributed by atoms with Crippen LogP contribution in [-0.2, 0) is 11.2 Å². The Balaban J connectivity index is 2.46. The van der Waals surface area contributed by atoms with Crippen LogP contribution in [0.1, 0.15) is 25.0 Å². The Bertz CT molecular complexity index is 475. The lowest BCUT2D eigenvalue weighted by atomic mass is 9.86. The molecule has 0 atom stereocenters. The molecule has 0 unspecified atom stereocenters. The van der Waals surface area contributed by atoms with Gasteiger partial charge >= 0.3 is 0 Å². The number of amides is 1. The van der Waals surface area contributed by atoms with E-state index in [0.717, 1.165) is 17.7 Å². The number of fused-ring (bicyclic) bond motifs is 1. The summed E-state index contributed by atoms with van der Waals surface area (Å²) >= 11 is 0. The first-order valence-corrected chi connectivity index (χ1v) is 5.82. The predicted molar refractivity (Wildman–Crippen MR) is 69.4 cm³/mol. The van der Waals surface area contributed by atoms with Crippen LogP contribution in [-0.4, -0.2) is 18.5 Å². The van der Waals surface area contributed by atoms with E-state index >= 15 is 0 Å². The van der Waals surface area contributed by atoms with Crippen molar-refractivity contribution in [1.29, 1.82) is 0 Å². The zero-order chi connectivity index (χ0) is 12.5. The third-order valence-electron chi connectivity index (χ3n) is 2.93. The molecule has 90 valence electrons. The van der Waals surface area contributed by atoms with Crippen molar-refractivity contribution in [2.45, 2.75) is 25.8 Å². The zero-order valence-corrected chi connectivity index (χ0v) is 10.5. The van der Waals surface area contributed by atoms with E-state index in [1.54, 1.807) is 13.1 Å². The maximum atomic E-state index is 11.5. The van der Waals surface area contributed by atoms with Crippen LogP contribution in [0.2, 0.25) is 0 Å². The number of carbonyl (C=O) groups is 1. The van der Waals surface area contributed by atoms with Gasteiger partial charge in [0.05, 0.1) is 0 Å². The molecule has 0 aromatic heterocycles. The average Bonchev–Trinajstić information content (AvgIpc) is 2.27. The molecule has 0 radical (unpaired) electrons. The molecular weight excluding hydrogens is 212 g/mol. The summed E-state index contributed by atoms with van der Waals surface area (Å²) in [7, 11) is 1.64. The quantitative estimate of drug-likeness (QED) is 0.721. The van der Waals surface area contributed by atoms with Crippen LogP contribution in [0.5, 0.6) is 0 Å². The van der Waals surface area contributed by atoms with Gasteiger partial charge in [0.25, 0.3) is 0 Å². The molecule has 1 aliphatic rings. The van der Waals surface area contributed by atoms with Gasteiger partial charge in [-0.3, -0.25) is 4.79 Å². The monoisotopic (exact) mass is 230 g/mol. The minimum atomic E-state index is -0.0833. The van der Waals surface area contributed by atoms with Crippen LogP contribution < -0.4 is 10.6 Å². The van der Waals surface area contributed by atoms with E-state index in [0.29, 0.717) is 0 Å². The minimum absolute atomic E-state index is 0.0196. The van der Waals surface area contributed by atoms with Gasteiger partial charge < -0.3 is 10.6 Å². The van der Waals surface area contributed by atoms with Gasteiger partial charge in [-0.15, -0.1) is 0 Å². The first-order valence-electron chi connectivity index (χ1n) is 5.82. The van der Waals surface area contributed by atoms with Crippen molar-refractivity contribution >= 4 is 11.6 Å². The summed E-state index contributed by atoms with van der Waals surface area (Å²) in [5.74, 6) is -0.0833. The molecule has 0 saturated carbocycles. The lowest BCUT2D eigenvalue weighted by molar-refractivity contribution is -0.116. The number of hydrogen-bond acceptors (Lipinski definition) is 2.